The zero-order valence-corrected chi connectivity index (χ0v) is 11.2. The molecule has 0 aliphatic carbocycles. The molecule has 0 saturated carbocycles. The second kappa shape index (κ2) is 6.02. The van der Waals surface area contributed by atoms with E-state index < -0.39 is 5.97 Å². The number of carboxylic acids is 1. The van der Waals surface area contributed by atoms with Gasteiger partial charge in [0.05, 0.1) is 10.8 Å². The van der Waals surface area contributed by atoms with Crippen LogP contribution in [0, 0.1) is 0 Å². The molecule has 1 aromatic rings. The fourth-order valence-corrected chi connectivity index (χ4v) is 2.48. The number of halogens is 1. The highest BCUT2D eigenvalue weighted by Gasteiger charge is 2.20. The second-order valence-electron chi connectivity index (χ2n) is 3.89. The molecule has 1 amide bonds. The Morgan fingerprint density at radius 2 is 2.12 bits per heavy atom. The molecule has 0 aliphatic heterocycles. The van der Waals surface area contributed by atoms with Crippen LogP contribution < -0.4 is 0 Å². The van der Waals surface area contributed by atoms with Crippen molar-refractivity contribution < 1.29 is 14.7 Å². The van der Waals surface area contributed by atoms with E-state index in [1.54, 1.807) is 26.0 Å². The summed E-state index contributed by atoms with van der Waals surface area (Å²) in [6, 6.07) is 3.38. The van der Waals surface area contributed by atoms with E-state index in [0.29, 0.717) is 4.34 Å². The number of aliphatic carboxylic acids is 1. The molecule has 0 unspecified atom stereocenters. The molecule has 0 aliphatic rings. The van der Waals surface area contributed by atoms with Crippen molar-refractivity contribution >= 4 is 34.8 Å². The molecule has 1 aromatic heterocycles. The number of carbonyl (C=O) groups excluding carboxylic acids is 1. The lowest BCUT2D eigenvalue weighted by Crippen LogP contribution is -2.41. The maximum absolute atomic E-state index is 11.9. The normalized spacial score (nSPS) is 10.6. The summed E-state index contributed by atoms with van der Waals surface area (Å²) in [4.78, 5) is 24.8. The van der Waals surface area contributed by atoms with Gasteiger partial charge in [-0.3, -0.25) is 9.59 Å². The van der Waals surface area contributed by atoms with Gasteiger partial charge in [-0.1, -0.05) is 11.6 Å². The van der Waals surface area contributed by atoms with Gasteiger partial charge in [0.15, 0.2) is 0 Å². The van der Waals surface area contributed by atoms with E-state index in [1.165, 1.54) is 16.2 Å². The summed E-state index contributed by atoms with van der Waals surface area (Å²) in [6.07, 6.45) is 0.197. The first-order valence-electron chi connectivity index (χ1n) is 5.15. The van der Waals surface area contributed by atoms with Gasteiger partial charge in [-0.2, -0.15) is 0 Å². The first-order valence-corrected chi connectivity index (χ1v) is 6.35. The fraction of sp³-hybridized carbons (Fsp3) is 0.455. The lowest BCUT2D eigenvalue weighted by Gasteiger charge is -2.24. The van der Waals surface area contributed by atoms with E-state index in [2.05, 4.69) is 0 Å². The van der Waals surface area contributed by atoms with Crippen molar-refractivity contribution in [2.45, 2.75) is 26.3 Å². The number of nitrogens with zero attached hydrogens (tertiary/aromatic N) is 1. The first-order chi connectivity index (χ1) is 7.90. The lowest BCUT2D eigenvalue weighted by molar-refractivity contribution is -0.145. The first kappa shape index (κ1) is 14.0. The van der Waals surface area contributed by atoms with Gasteiger partial charge in [0.1, 0.15) is 6.54 Å². The van der Waals surface area contributed by atoms with Crippen LogP contribution >= 0.6 is 22.9 Å². The van der Waals surface area contributed by atoms with Gasteiger partial charge >= 0.3 is 5.97 Å². The predicted molar refractivity (Wildman–Crippen MR) is 67.5 cm³/mol. The van der Waals surface area contributed by atoms with Crippen LogP contribution in [0.4, 0.5) is 0 Å². The van der Waals surface area contributed by atoms with Gasteiger partial charge in [0.25, 0.3) is 0 Å². The standard InChI is InChI=1S/C11H14ClNO3S/c1-7(2)13(6-11(15)16)10(14)5-8-3-4-9(12)17-8/h3-4,7H,5-6H2,1-2H3,(H,15,16). The van der Waals surface area contributed by atoms with Gasteiger partial charge in [-0.15, -0.1) is 11.3 Å². The number of carbonyl (C=O) groups is 2. The number of amides is 1. The SMILES string of the molecule is CC(C)N(CC(=O)O)C(=O)Cc1ccc(Cl)s1. The van der Waals surface area contributed by atoms with Crippen molar-refractivity contribution in [3.63, 3.8) is 0 Å². The molecule has 1 heterocycles. The third-order valence-electron chi connectivity index (χ3n) is 2.20. The fourth-order valence-electron chi connectivity index (χ4n) is 1.40. The molecule has 0 fully saturated rings. The largest absolute Gasteiger partial charge is 0.480 e. The van der Waals surface area contributed by atoms with Crippen LogP contribution in [0.3, 0.4) is 0 Å². The van der Waals surface area contributed by atoms with Crippen LogP contribution in [0.1, 0.15) is 18.7 Å². The maximum atomic E-state index is 11.9. The summed E-state index contributed by atoms with van der Waals surface area (Å²) < 4.78 is 0.627. The topological polar surface area (TPSA) is 57.6 Å². The average molecular weight is 276 g/mol. The molecule has 0 spiro atoms. The molecule has 94 valence electrons. The van der Waals surface area contributed by atoms with Gasteiger partial charge in [-0.25, -0.2) is 0 Å². The Balaban J connectivity index is 2.68. The number of carboxylic acid groups (broad SMARTS) is 1. The third-order valence-corrected chi connectivity index (χ3v) is 3.43. The predicted octanol–water partition coefficient (Wildman–Crippen LogP) is 2.27. The molecule has 17 heavy (non-hydrogen) atoms. The minimum absolute atomic E-state index is 0.131. The monoisotopic (exact) mass is 275 g/mol. The summed E-state index contributed by atoms with van der Waals surface area (Å²) in [5.41, 5.74) is 0. The Morgan fingerprint density at radius 3 is 2.53 bits per heavy atom. The number of hydrogen-bond acceptors (Lipinski definition) is 3. The van der Waals surface area contributed by atoms with Crippen molar-refractivity contribution in [2.24, 2.45) is 0 Å². The van der Waals surface area contributed by atoms with Gasteiger partial charge in [-0.05, 0) is 26.0 Å². The summed E-state index contributed by atoms with van der Waals surface area (Å²) >= 11 is 7.10. The Hall–Kier alpha value is -1.07. The molecule has 1 rings (SSSR count). The third kappa shape index (κ3) is 4.36. The zero-order valence-electron chi connectivity index (χ0n) is 9.64. The lowest BCUT2D eigenvalue weighted by atomic mass is 10.2. The van der Waals surface area contributed by atoms with Crippen molar-refractivity contribution in [2.75, 3.05) is 6.54 Å². The van der Waals surface area contributed by atoms with Gasteiger partial charge < -0.3 is 10.0 Å². The Bertz CT molecular complexity index is 417. The zero-order chi connectivity index (χ0) is 13.0. The molecular formula is C11H14ClNO3S. The van der Waals surface area contributed by atoms with Gasteiger partial charge in [0.2, 0.25) is 5.91 Å². The molecule has 0 radical (unpaired) electrons. The van der Waals surface area contributed by atoms with E-state index in [9.17, 15) is 9.59 Å². The number of thiophene rings is 1. The van der Waals surface area contributed by atoms with Crippen molar-refractivity contribution in [1.82, 2.24) is 4.90 Å². The highest BCUT2D eigenvalue weighted by molar-refractivity contribution is 7.16. The van der Waals surface area contributed by atoms with E-state index >= 15 is 0 Å². The minimum atomic E-state index is -1.00. The Morgan fingerprint density at radius 1 is 1.47 bits per heavy atom. The van der Waals surface area contributed by atoms with Crippen molar-refractivity contribution in [3.05, 3.63) is 21.3 Å². The summed E-state index contributed by atoms with van der Waals surface area (Å²) in [5.74, 6) is -1.20. The minimum Gasteiger partial charge on any atom is -0.480 e. The second-order valence-corrected chi connectivity index (χ2v) is 5.69. The highest BCUT2D eigenvalue weighted by atomic mass is 35.5. The average Bonchev–Trinajstić information content (AvgIpc) is 2.59. The smallest absolute Gasteiger partial charge is 0.323 e. The molecule has 0 aromatic carbocycles. The van der Waals surface area contributed by atoms with E-state index in [-0.39, 0.29) is 24.9 Å². The number of hydrogen-bond donors (Lipinski definition) is 1. The van der Waals surface area contributed by atoms with Crippen LogP contribution in [-0.4, -0.2) is 34.5 Å². The highest BCUT2D eigenvalue weighted by Crippen LogP contribution is 2.22. The molecule has 1 N–H and O–H groups in total. The number of rotatable bonds is 5. The molecule has 6 heteroatoms. The quantitative estimate of drug-likeness (QED) is 0.897. The summed E-state index contributed by atoms with van der Waals surface area (Å²) in [7, 11) is 0. The van der Waals surface area contributed by atoms with Crippen LogP contribution in [-0.2, 0) is 16.0 Å². The summed E-state index contributed by atoms with van der Waals surface area (Å²) in [5, 5.41) is 8.74. The van der Waals surface area contributed by atoms with Crippen LogP contribution in [0.5, 0.6) is 0 Å². The Labute approximate surface area is 109 Å². The van der Waals surface area contributed by atoms with Crippen molar-refractivity contribution in [3.8, 4) is 0 Å². The van der Waals surface area contributed by atoms with E-state index in [0.717, 1.165) is 4.88 Å². The van der Waals surface area contributed by atoms with Crippen molar-refractivity contribution in [1.29, 1.82) is 0 Å². The maximum Gasteiger partial charge on any atom is 0.323 e. The molecular weight excluding hydrogens is 262 g/mol. The Kier molecular flexibility index (Phi) is 4.96. The molecule has 0 bridgehead atoms. The molecule has 0 saturated heterocycles. The van der Waals surface area contributed by atoms with E-state index in [1.807, 2.05) is 0 Å². The van der Waals surface area contributed by atoms with Gasteiger partial charge in [0, 0.05) is 10.9 Å². The van der Waals surface area contributed by atoms with Crippen LogP contribution in [0.2, 0.25) is 4.34 Å². The van der Waals surface area contributed by atoms with Crippen LogP contribution in [0.15, 0.2) is 12.1 Å². The summed E-state index contributed by atoms with van der Waals surface area (Å²) in [6.45, 7) is 3.32. The van der Waals surface area contributed by atoms with Crippen LogP contribution in [0.25, 0.3) is 0 Å². The molecule has 4 nitrogen and oxygen atoms in total. The molecule has 0 atom stereocenters. The van der Waals surface area contributed by atoms with E-state index in [4.69, 9.17) is 16.7 Å².